The quantitative estimate of drug-likeness (QED) is 0.0298. The maximum absolute atomic E-state index is 12.7. The molecule has 282 valence electrons. The monoisotopic (exact) mass is 707 g/mol. The highest BCUT2D eigenvalue weighted by Crippen LogP contribution is 2.43. The van der Waals surface area contributed by atoms with E-state index in [9.17, 15) is 19.4 Å². The van der Waals surface area contributed by atoms with Gasteiger partial charge in [0.1, 0.15) is 0 Å². The first-order valence-electron chi connectivity index (χ1n) is 19.1. The molecule has 0 spiro atoms. The summed E-state index contributed by atoms with van der Waals surface area (Å²) < 4.78 is 22.0. The van der Waals surface area contributed by atoms with Gasteiger partial charge in [0.05, 0.1) is 25.4 Å². The van der Waals surface area contributed by atoms with E-state index >= 15 is 0 Å². The van der Waals surface area contributed by atoms with Crippen LogP contribution in [0.4, 0.5) is 0 Å². The van der Waals surface area contributed by atoms with E-state index in [4.69, 9.17) is 14.8 Å². The van der Waals surface area contributed by atoms with E-state index in [0.29, 0.717) is 6.42 Å². The summed E-state index contributed by atoms with van der Waals surface area (Å²) >= 11 is 0. The van der Waals surface area contributed by atoms with E-state index in [-0.39, 0.29) is 25.7 Å². The Morgan fingerprint density at radius 2 is 1.18 bits per heavy atom. The van der Waals surface area contributed by atoms with Crippen molar-refractivity contribution in [2.24, 2.45) is 5.73 Å². The van der Waals surface area contributed by atoms with Crippen molar-refractivity contribution in [3.8, 4) is 0 Å². The Labute approximate surface area is 299 Å². The molecule has 0 aromatic rings. The Kier molecular flexibility index (Phi) is 34.3. The maximum Gasteiger partial charge on any atom is 0.472 e. The molecule has 0 rings (SSSR count). The topological polar surface area (TPSA) is 131 Å². The van der Waals surface area contributed by atoms with Gasteiger partial charge >= 0.3 is 7.82 Å². The van der Waals surface area contributed by atoms with Crippen LogP contribution in [-0.2, 0) is 18.4 Å². The van der Waals surface area contributed by atoms with Crippen LogP contribution in [0.25, 0.3) is 0 Å². The number of rotatable bonds is 34. The van der Waals surface area contributed by atoms with Crippen molar-refractivity contribution in [3.05, 3.63) is 72.9 Å². The molecule has 0 aromatic carbocycles. The number of nitrogens with two attached hydrogens (primary N) is 1. The molecule has 9 heteroatoms. The van der Waals surface area contributed by atoms with E-state index in [1.165, 1.54) is 44.9 Å². The molecule has 3 atom stereocenters. The summed E-state index contributed by atoms with van der Waals surface area (Å²) in [5.74, 6) is -0.227. The molecule has 49 heavy (non-hydrogen) atoms. The zero-order valence-corrected chi connectivity index (χ0v) is 31.8. The van der Waals surface area contributed by atoms with Crippen LogP contribution in [0.3, 0.4) is 0 Å². The zero-order valence-electron chi connectivity index (χ0n) is 30.9. The van der Waals surface area contributed by atoms with Crippen molar-refractivity contribution in [2.75, 3.05) is 19.8 Å². The summed E-state index contributed by atoms with van der Waals surface area (Å²) in [4.78, 5) is 22.6. The first kappa shape index (κ1) is 46.9. The summed E-state index contributed by atoms with van der Waals surface area (Å²) in [5, 5.41) is 13.5. The van der Waals surface area contributed by atoms with Crippen LogP contribution in [0.5, 0.6) is 0 Å². The lowest BCUT2D eigenvalue weighted by Gasteiger charge is -2.23. The van der Waals surface area contributed by atoms with Gasteiger partial charge in [-0.15, -0.1) is 0 Å². The van der Waals surface area contributed by atoms with Gasteiger partial charge in [-0.2, -0.15) is 0 Å². The number of unbranched alkanes of at least 4 members (excludes halogenated alkanes) is 12. The molecule has 8 nitrogen and oxygen atoms in total. The van der Waals surface area contributed by atoms with Crippen LogP contribution >= 0.6 is 7.82 Å². The van der Waals surface area contributed by atoms with Crippen molar-refractivity contribution in [1.29, 1.82) is 0 Å². The molecule has 3 unspecified atom stereocenters. The third-order valence-corrected chi connectivity index (χ3v) is 8.70. The molecule has 0 aromatic heterocycles. The second-order valence-corrected chi connectivity index (χ2v) is 13.9. The molecule has 0 saturated heterocycles. The van der Waals surface area contributed by atoms with E-state index in [1.54, 1.807) is 6.08 Å². The van der Waals surface area contributed by atoms with Crippen LogP contribution in [0, 0.1) is 0 Å². The Balaban J connectivity index is 4.35. The number of hydrogen-bond acceptors (Lipinski definition) is 6. The highest BCUT2D eigenvalue weighted by molar-refractivity contribution is 7.47. The van der Waals surface area contributed by atoms with E-state index in [0.717, 1.165) is 77.0 Å². The normalized spacial score (nSPS) is 15.1. The fourth-order valence-electron chi connectivity index (χ4n) is 4.82. The summed E-state index contributed by atoms with van der Waals surface area (Å²) in [6.07, 6.45) is 45.2. The first-order chi connectivity index (χ1) is 23.9. The molecule has 1 amide bonds. The fraction of sp³-hybridized carbons (Fsp3) is 0.675. The molecule has 0 saturated carbocycles. The SMILES string of the molecule is CCC/C=C/CC/C=C/CC/C=C/C(O)C(COP(=O)(O)OCCN)NC(=O)CCCCCCCC/C=C\C/C=C\C/C=C\CCCCC. The number of phosphoric ester groups is 1. The van der Waals surface area contributed by atoms with Crippen molar-refractivity contribution in [3.63, 3.8) is 0 Å². The molecule has 0 aliphatic rings. The van der Waals surface area contributed by atoms with Gasteiger partial charge in [-0.3, -0.25) is 13.8 Å². The first-order valence-corrected chi connectivity index (χ1v) is 20.6. The summed E-state index contributed by atoms with van der Waals surface area (Å²) in [7, 11) is -4.35. The van der Waals surface area contributed by atoms with Crippen LogP contribution in [0.15, 0.2) is 72.9 Å². The average molecular weight is 707 g/mol. The summed E-state index contributed by atoms with van der Waals surface area (Å²) in [6.45, 7) is 3.96. The molecule has 5 N–H and O–H groups in total. The minimum Gasteiger partial charge on any atom is -0.387 e. The minimum atomic E-state index is -4.35. The molecule has 0 fully saturated rings. The second kappa shape index (κ2) is 35.8. The molecule has 0 aliphatic carbocycles. The van der Waals surface area contributed by atoms with Gasteiger partial charge in [0.15, 0.2) is 0 Å². The standard InChI is InChI=1S/C40H71N2O6P/c1-3-5-7-9-11-13-15-16-17-18-19-20-21-22-24-26-28-30-32-34-40(44)42-38(37-48-49(45,46)47-36-35-41)39(43)33-31-29-27-25-23-14-12-10-8-6-4-2/h8,10-11,13,16-17,19-20,23,25,31,33,38-39,43H,3-7,9,12,14-15,18,21-22,24,26-30,32,34-37,41H2,1-2H3,(H,42,44)(H,45,46)/b10-8+,13-11-,17-16-,20-19-,25-23+,33-31+. The Morgan fingerprint density at radius 3 is 1.78 bits per heavy atom. The van der Waals surface area contributed by atoms with Crippen LogP contribution in [-0.4, -0.2) is 47.8 Å². The van der Waals surface area contributed by atoms with Crippen molar-refractivity contribution < 1.29 is 28.4 Å². The van der Waals surface area contributed by atoms with Gasteiger partial charge in [-0.05, 0) is 77.0 Å². The van der Waals surface area contributed by atoms with Crippen molar-refractivity contribution in [2.45, 2.75) is 154 Å². The van der Waals surface area contributed by atoms with Crippen molar-refractivity contribution in [1.82, 2.24) is 5.32 Å². The van der Waals surface area contributed by atoms with Gasteiger partial charge in [0.2, 0.25) is 5.91 Å². The highest BCUT2D eigenvalue weighted by Gasteiger charge is 2.26. The third-order valence-electron chi connectivity index (χ3n) is 7.71. The van der Waals surface area contributed by atoms with Gasteiger partial charge in [0, 0.05) is 13.0 Å². The number of aliphatic hydroxyl groups is 1. The zero-order chi connectivity index (χ0) is 36.1. The lowest BCUT2D eigenvalue weighted by atomic mass is 10.1. The number of carbonyl (C=O) groups is 1. The number of amides is 1. The van der Waals surface area contributed by atoms with Crippen LogP contribution < -0.4 is 11.1 Å². The van der Waals surface area contributed by atoms with Crippen LogP contribution in [0.2, 0.25) is 0 Å². The predicted octanol–water partition coefficient (Wildman–Crippen LogP) is 10.1. The Hall–Kier alpha value is -2.06. The number of hydrogen-bond donors (Lipinski definition) is 4. The van der Waals surface area contributed by atoms with Gasteiger partial charge in [0.25, 0.3) is 0 Å². The molecular formula is C40H71N2O6P. The second-order valence-electron chi connectivity index (χ2n) is 12.4. The summed E-state index contributed by atoms with van der Waals surface area (Å²) in [5.41, 5.74) is 5.35. The smallest absolute Gasteiger partial charge is 0.387 e. The van der Waals surface area contributed by atoms with Crippen molar-refractivity contribution >= 4 is 13.7 Å². The Morgan fingerprint density at radius 1 is 0.673 bits per heavy atom. The van der Waals surface area contributed by atoms with Gasteiger partial charge in [-0.1, -0.05) is 132 Å². The third kappa shape index (κ3) is 34.2. The highest BCUT2D eigenvalue weighted by atomic mass is 31.2. The van der Waals surface area contributed by atoms with Gasteiger partial charge in [-0.25, -0.2) is 4.57 Å². The number of allylic oxidation sites excluding steroid dienone is 11. The van der Waals surface area contributed by atoms with E-state index in [2.05, 4.69) is 79.9 Å². The number of nitrogens with one attached hydrogen (secondary N) is 1. The molecule has 0 aliphatic heterocycles. The number of aliphatic hydroxyl groups excluding tert-OH is 1. The minimum absolute atomic E-state index is 0.0655. The van der Waals surface area contributed by atoms with E-state index < -0.39 is 20.0 Å². The summed E-state index contributed by atoms with van der Waals surface area (Å²) in [6, 6.07) is -0.892. The number of phosphoric acid groups is 1. The van der Waals surface area contributed by atoms with Crippen LogP contribution in [0.1, 0.15) is 142 Å². The molecule has 0 heterocycles. The average Bonchev–Trinajstić information content (AvgIpc) is 3.09. The predicted molar refractivity (Wildman–Crippen MR) is 207 cm³/mol. The molecule has 0 radical (unpaired) electrons. The lowest BCUT2D eigenvalue weighted by Crippen LogP contribution is -2.45. The largest absolute Gasteiger partial charge is 0.472 e. The van der Waals surface area contributed by atoms with Gasteiger partial charge < -0.3 is 21.1 Å². The van der Waals surface area contributed by atoms with E-state index in [1.807, 2.05) is 6.08 Å². The molecule has 0 bridgehead atoms. The lowest BCUT2D eigenvalue weighted by molar-refractivity contribution is -0.123. The molecular weight excluding hydrogens is 635 g/mol. The maximum atomic E-state index is 12.7. The number of carbonyl (C=O) groups excluding carboxylic acids is 1. The fourth-order valence-corrected chi connectivity index (χ4v) is 5.58. The Bertz CT molecular complexity index is 991.